The molecule has 1 aromatic carbocycles. The van der Waals surface area contributed by atoms with Crippen molar-refractivity contribution < 1.29 is 4.79 Å². The molecule has 0 unspecified atom stereocenters. The summed E-state index contributed by atoms with van der Waals surface area (Å²) in [5, 5.41) is 0.601. The number of amides is 1. The average molecular weight is 387 g/mol. The van der Waals surface area contributed by atoms with Gasteiger partial charge in [-0.2, -0.15) is 0 Å². The lowest BCUT2D eigenvalue weighted by molar-refractivity contribution is 0.0785. The largest absolute Gasteiger partial charge is 0.337 e. The van der Waals surface area contributed by atoms with Crippen LogP contribution in [0.3, 0.4) is 0 Å². The molecule has 2 rings (SSSR count). The van der Waals surface area contributed by atoms with Gasteiger partial charge in [0.15, 0.2) is 0 Å². The predicted molar refractivity (Wildman–Crippen MR) is 84.2 cm³/mol. The molecule has 0 fully saturated rings. The third-order valence-electron chi connectivity index (χ3n) is 2.68. The van der Waals surface area contributed by atoms with E-state index in [2.05, 4.69) is 27.6 Å². The van der Waals surface area contributed by atoms with Gasteiger partial charge in [-0.25, -0.2) is 0 Å². The summed E-state index contributed by atoms with van der Waals surface area (Å²) in [5.41, 5.74) is 1.64. The van der Waals surface area contributed by atoms with Crippen LogP contribution in [-0.2, 0) is 6.54 Å². The maximum atomic E-state index is 12.3. The molecule has 0 aliphatic rings. The molecule has 0 bridgehead atoms. The summed E-state index contributed by atoms with van der Waals surface area (Å²) in [5.74, 6) is -0.0462. The van der Waals surface area contributed by atoms with Crippen LogP contribution < -0.4 is 0 Å². The van der Waals surface area contributed by atoms with Gasteiger partial charge in [0.05, 0.1) is 5.02 Å². The van der Waals surface area contributed by atoms with E-state index in [4.69, 9.17) is 11.6 Å². The molecule has 0 saturated heterocycles. The Morgan fingerprint density at radius 2 is 2.00 bits per heavy atom. The van der Waals surface area contributed by atoms with Crippen molar-refractivity contribution in [2.45, 2.75) is 6.54 Å². The van der Waals surface area contributed by atoms with Crippen LogP contribution >= 0.6 is 34.2 Å². The second-order valence-electron chi connectivity index (χ2n) is 4.15. The molecule has 0 aliphatic carbocycles. The van der Waals surface area contributed by atoms with E-state index in [0.29, 0.717) is 17.1 Å². The number of pyridine rings is 1. The monoisotopic (exact) mass is 386 g/mol. The van der Waals surface area contributed by atoms with Crippen LogP contribution in [0.1, 0.15) is 15.9 Å². The number of hydrogen-bond donors (Lipinski definition) is 0. The van der Waals surface area contributed by atoms with Crippen LogP contribution in [0, 0.1) is 3.57 Å². The van der Waals surface area contributed by atoms with Crippen LogP contribution in [0.4, 0.5) is 0 Å². The van der Waals surface area contributed by atoms with Crippen LogP contribution in [0.5, 0.6) is 0 Å². The molecule has 1 heterocycles. The van der Waals surface area contributed by atoms with Gasteiger partial charge in [-0.05, 0) is 58.5 Å². The lowest BCUT2D eigenvalue weighted by atomic mass is 10.2. The summed E-state index contributed by atoms with van der Waals surface area (Å²) < 4.78 is 0.938. The van der Waals surface area contributed by atoms with Crippen molar-refractivity contribution in [3.63, 3.8) is 0 Å². The zero-order valence-corrected chi connectivity index (χ0v) is 13.2. The molecule has 3 nitrogen and oxygen atoms in total. The highest BCUT2D eigenvalue weighted by atomic mass is 127. The molecule has 0 spiro atoms. The molecule has 1 aromatic heterocycles. The number of halogens is 2. The third-order valence-corrected chi connectivity index (χ3v) is 4.25. The normalized spacial score (nSPS) is 10.3. The quantitative estimate of drug-likeness (QED) is 0.755. The fourth-order valence-corrected chi connectivity index (χ4v) is 2.20. The molecule has 5 heteroatoms. The highest BCUT2D eigenvalue weighted by Gasteiger charge is 2.13. The van der Waals surface area contributed by atoms with Gasteiger partial charge in [0.1, 0.15) is 0 Å². The van der Waals surface area contributed by atoms with Crippen LogP contribution in [0.2, 0.25) is 5.02 Å². The Kier molecular flexibility index (Phi) is 4.76. The van der Waals surface area contributed by atoms with Crippen LogP contribution in [0.15, 0.2) is 42.7 Å². The van der Waals surface area contributed by atoms with E-state index in [-0.39, 0.29) is 5.91 Å². The maximum Gasteiger partial charge on any atom is 0.253 e. The summed E-state index contributed by atoms with van der Waals surface area (Å²) in [6, 6.07) is 9.12. The van der Waals surface area contributed by atoms with E-state index in [1.54, 1.807) is 36.5 Å². The minimum atomic E-state index is -0.0462. The van der Waals surface area contributed by atoms with Gasteiger partial charge in [-0.15, -0.1) is 0 Å². The minimum absolute atomic E-state index is 0.0462. The number of carbonyl (C=O) groups excluding carboxylic acids is 1. The second-order valence-corrected chi connectivity index (χ2v) is 5.71. The van der Waals surface area contributed by atoms with Crippen molar-refractivity contribution in [2.75, 3.05) is 7.05 Å². The van der Waals surface area contributed by atoms with Crippen molar-refractivity contribution in [1.29, 1.82) is 0 Å². The van der Waals surface area contributed by atoms with E-state index in [9.17, 15) is 4.79 Å². The first-order chi connectivity index (χ1) is 9.08. The van der Waals surface area contributed by atoms with Gasteiger partial charge in [0, 0.05) is 35.1 Å². The lowest BCUT2D eigenvalue weighted by Gasteiger charge is -2.17. The van der Waals surface area contributed by atoms with E-state index in [0.717, 1.165) is 9.13 Å². The molecule has 0 N–H and O–H groups in total. The van der Waals surface area contributed by atoms with Crippen molar-refractivity contribution in [1.82, 2.24) is 9.88 Å². The van der Waals surface area contributed by atoms with Crippen LogP contribution in [0.25, 0.3) is 0 Å². The average Bonchev–Trinajstić information content (AvgIpc) is 2.42. The van der Waals surface area contributed by atoms with E-state index in [1.807, 2.05) is 18.2 Å². The molecule has 0 atom stereocenters. The smallest absolute Gasteiger partial charge is 0.253 e. The van der Waals surface area contributed by atoms with Gasteiger partial charge >= 0.3 is 0 Å². The van der Waals surface area contributed by atoms with Crippen LogP contribution in [-0.4, -0.2) is 22.8 Å². The first-order valence-electron chi connectivity index (χ1n) is 5.67. The molecule has 0 radical (unpaired) electrons. The number of rotatable bonds is 3. The zero-order chi connectivity index (χ0) is 13.8. The zero-order valence-electron chi connectivity index (χ0n) is 10.3. The molecule has 0 saturated carbocycles. The first kappa shape index (κ1) is 14.3. The van der Waals surface area contributed by atoms with Crippen molar-refractivity contribution in [2.24, 2.45) is 0 Å². The number of aromatic nitrogens is 1. The Morgan fingerprint density at radius 1 is 1.32 bits per heavy atom. The van der Waals surface area contributed by atoms with E-state index >= 15 is 0 Å². The molecular weight excluding hydrogens is 375 g/mol. The van der Waals surface area contributed by atoms with Gasteiger partial charge in [0.25, 0.3) is 5.91 Å². The van der Waals surface area contributed by atoms with Gasteiger partial charge in [0.2, 0.25) is 0 Å². The molecular formula is C14H12ClIN2O. The topological polar surface area (TPSA) is 33.2 Å². The summed E-state index contributed by atoms with van der Waals surface area (Å²) in [7, 11) is 1.77. The van der Waals surface area contributed by atoms with Crippen molar-refractivity contribution in [3.8, 4) is 0 Å². The highest BCUT2D eigenvalue weighted by Crippen LogP contribution is 2.20. The fourth-order valence-electron chi connectivity index (χ4n) is 1.68. The number of nitrogens with zero attached hydrogens (tertiary/aromatic N) is 2. The number of carbonyl (C=O) groups is 1. The summed E-state index contributed by atoms with van der Waals surface area (Å²) >= 11 is 8.17. The molecule has 98 valence electrons. The maximum absolute atomic E-state index is 12.3. The SMILES string of the molecule is CN(Cc1ccncc1)C(=O)c1ccc(I)c(Cl)c1. The van der Waals surface area contributed by atoms with E-state index in [1.165, 1.54) is 0 Å². The second kappa shape index (κ2) is 6.34. The fraction of sp³-hybridized carbons (Fsp3) is 0.143. The van der Waals surface area contributed by atoms with Crippen molar-refractivity contribution >= 4 is 40.1 Å². The van der Waals surface area contributed by atoms with E-state index < -0.39 is 0 Å². The first-order valence-corrected chi connectivity index (χ1v) is 7.13. The van der Waals surface area contributed by atoms with Gasteiger partial charge in [-0.1, -0.05) is 11.6 Å². The number of hydrogen-bond acceptors (Lipinski definition) is 2. The molecule has 1 amide bonds. The Balaban J connectivity index is 2.12. The van der Waals surface area contributed by atoms with Gasteiger partial charge < -0.3 is 4.90 Å². The Bertz CT molecular complexity index is 589. The molecule has 2 aromatic rings. The summed E-state index contributed by atoms with van der Waals surface area (Å²) in [6.45, 7) is 0.547. The highest BCUT2D eigenvalue weighted by molar-refractivity contribution is 14.1. The summed E-state index contributed by atoms with van der Waals surface area (Å²) in [6.07, 6.45) is 3.44. The Morgan fingerprint density at radius 3 is 2.63 bits per heavy atom. The minimum Gasteiger partial charge on any atom is -0.337 e. The Labute approximate surface area is 130 Å². The standard InChI is InChI=1S/C14H12ClIN2O/c1-18(9-10-4-6-17-7-5-10)14(19)11-2-3-13(16)12(15)8-11/h2-8H,9H2,1H3. The molecule has 0 aliphatic heterocycles. The molecule has 19 heavy (non-hydrogen) atoms. The third kappa shape index (κ3) is 3.67. The Hall–Kier alpha value is -1.14. The van der Waals surface area contributed by atoms with Crippen molar-refractivity contribution in [3.05, 3.63) is 62.4 Å². The number of benzene rings is 1. The van der Waals surface area contributed by atoms with Gasteiger partial charge in [-0.3, -0.25) is 9.78 Å². The lowest BCUT2D eigenvalue weighted by Crippen LogP contribution is -2.26. The summed E-state index contributed by atoms with van der Waals surface area (Å²) in [4.78, 5) is 17.9. The predicted octanol–water partition coefficient (Wildman–Crippen LogP) is 3.61.